The van der Waals surface area contributed by atoms with Gasteiger partial charge in [-0.1, -0.05) is 80.1 Å². The molecule has 0 spiro atoms. The largest absolute Gasteiger partial charge is 0.299 e. The quantitative estimate of drug-likeness (QED) is 0.360. The van der Waals surface area contributed by atoms with Crippen LogP contribution in [0.3, 0.4) is 0 Å². The molecule has 0 N–H and O–H groups in total. The fourth-order valence-corrected chi connectivity index (χ4v) is 1.95. The van der Waals surface area contributed by atoms with Gasteiger partial charge in [0, 0.05) is 41.7 Å². The van der Waals surface area contributed by atoms with Crippen LogP contribution in [0.5, 0.6) is 0 Å². The molecule has 0 aromatic rings. The van der Waals surface area contributed by atoms with Crippen LogP contribution in [0.1, 0.15) is 92.9 Å². The Hall–Kier alpha value is -0.0513. The molecular weight excluding hydrogens is 411 g/mol. The van der Waals surface area contributed by atoms with Crippen LogP contribution in [0.15, 0.2) is 22.4 Å². The first-order valence-electron chi connectivity index (χ1n) is 10.3. The zero-order chi connectivity index (χ0) is 18.6. The molecule has 0 aromatic heterocycles. The van der Waals surface area contributed by atoms with Gasteiger partial charge in [0.1, 0.15) is 0 Å². The van der Waals surface area contributed by atoms with Crippen molar-refractivity contribution in [2.45, 2.75) is 99.0 Å². The van der Waals surface area contributed by atoms with Crippen molar-refractivity contribution in [2.24, 2.45) is 4.99 Å². The van der Waals surface area contributed by atoms with Crippen LogP contribution in [-0.2, 0) is 0 Å². The molecule has 2 nitrogen and oxygen atoms in total. The molecule has 0 unspecified atom stereocenters. The van der Waals surface area contributed by atoms with E-state index in [1.54, 1.807) is 0 Å². The summed E-state index contributed by atoms with van der Waals surface area (Å²) >= 11 is 0. The van der Waals surface area contributed by atoms with E-state index in [9.17, 15) is 0 Å². The van der Waals surface area contributed by atoms with Crippen molar-refractivity contribution in [3.8, 4) is 0 Å². The number of hydrogen-bond donors (Lipinski definition) is 0. The third-order valence-corrected chi connectivity index (χ3v) is 4.13. The van der Waals surface area contributed by atoms with Crippen LogP contribution < -0.4 is 0 Å². The van der Waals surface area contributed by atoms with E-state index in [0.29, 0.717) is 6.04 Å². The van der Waals surface area contributed by atoms with E-state index in [4.69, 9.17) is 0 Å². The Morgan fingerprint density at radius 1 is 0.960 bits per heavy atom. The number of rotatable bonds is 4. The summed E-state index contributed by atoms with van der Waals surface area (Å²) in [5.74, 6) is 0. The van der Waals surface area contributed by atoms with Crippen LogP contribution in [0.4, 0.5) is 0 Å². The maximum absolute atomic E-state index is 4.23. The van der Waals surface area contributed by atoms with Gasteiger partial charge >= 0.3 is 0 Å². The molecule has 2 rings (SSSR count). The molecule has 4 radical (unpaired) electrons. The first-order valence-corrected chi connectivity index (χ1v) is 10.3. The van der Waals surface area contributed by atoms with Crippen LogP contribution in [0.2, 0.25) is 0 Å². The molecule has 1 fully saturated rings. The van der Waals surface area contributed by atoms with Gasteiger partial charge in [-0.15, -0.1) is 5.73 Å². The van der Waals surface area contributed by atoms with E-state index in [1.165, 1.54) is 63.5 Å². The molecule has 0 aromatic carbocycles. The Labute approximate surface area is 176 Å². The molecule has 2 aliphatic rings. The van der Waals surface area contributed by atoms with E-state index >= 15 is 0 Å². The minimum Gasteiger partial charge on any atom is -0.299 e. The van der Waals surface area contributed by atoms with Crippen molar-refractivity contribution >= 4 is 30.1 Å². The van der Waals surface area contributed by atoms with Crippen molar-refractivity contribution in [2.75, 3.05) is 20.1 Å². The molecule has 25 heavy (non-hydrogen) atoms. The van der Waals surface area contributed by atoms with Gasteiger partial charge in [0.2, 0.25) is 0 Å². The van der Waals surface area contributed by atoms with E-state index in [2.05, 4.69) is 64.2 Å². The number of nitrogens with zero attached hydrogens (tertiary/aromatic N) is 2. The maximum Gasteiger partial charge on any atom is 0.0689 e. The van der Waals surface area contributed by atoms with Crippen molar-refractivity contribution < 1.29 is 0 Å². The van der Waals surface area contributed by atoms with Crippen molar-refractivity contribution in [3.63, 3.8) is 0 Å². The molecule has 1 saturated heterocycles. The number of likely N-dealkylation sites (N-methyl/N-ethyl adjacent to an activating group) is 1. The molecule has 2 aliphatic heterocycles. The first-order chi connectivity index (χ1) is 11.6. The van der Waals surface area contributed by atoms with Crippen LogP contribution in [0.25, 0.3) is 0 Å². The van der Waals surface area contributed by atoms with Gasteiger partial charge in [-0.25, -0.2) is 0 Å². The molecule has 1 atom stereocenters. The summed E-state index contributed by atoms with van der Waals surface area (Å²) in [6.45, 7) is 15.2. The molecule has 0 amide bonds. The van der Waals surface area contributed by atoms with Crippen molar-refractivity contribution in [1.82, 2.24) is 4.90 Å². The number of aliphatic imine (C=N–C) groups is 1. The number of likely N-dealkylation sites (tertiary alicyclic amines) is 1. The fourth-order valence-electron chi connectivity index (χ4n) is 1.95. The minimum atomic E-state index is 0. The minimum absolute atomic E-state index is 0. The Balaban J connectivity index is -0.000000314. The van der Waals surface area contributed by atoms with E-state index in [0.717, 1.165) is 6.54 Å². The molecule has 0 saturated carbocycles. The van der Waals surface area contributed by atoms with E-state index in [-0.39, 0.29) is 23.9 Å². The van der Waals surface area contributed by atoms with Gasteiger partial charge in [-0.05, 0) is 32.5 Å². The monoisotopic (exact) mass is 456 g/mol. The Bertz CT molecular complexity index is 328. The zero-order valence-corrected chi connectivity index (χ0v) is 21.1. The average molecular weight is 455 g/mol. The van der Waals surface area contributed by atoms with Crippen LogP contribution in [-0.4, -0.2) is 61.2 Å². The van der Waals surface area contributed by atoms with E-state index in [1.807, 2.05) is 12.3 Å². The third kappa shape index (κ3) is 18.5. The maximum atomic E-state index is 4.23. The summed E-state index contributed by atoms with van der Waals surface area (Å²) in [7, 11) is 2.19. The molecule has 2 heterocycles. The normalized spacial score (nSPS) is 17.7. The smallest absolute Gasteiger partial charge is 0.0689 e. The standard InChI is InChI=1S/C10H14N2.3C4H10.Sn/c1-12-7-3-5-10(12)9-4-2-6-11-8-9;3*1-3-4-2;/h2,6,10H,3,5,7-8H2,1H3;3*3-4H2,1-2H3;/t10-;;;;/m0..../s1. The van der Waals surface area contributed by atoms with Crippen molar-refractivity contribution in [1.29, 1.82) is 0 Å². The predicted octanol–water partition coefficient (Wildman–Crippen LogP) is 6.28. The average Bonchev–Trinajstić information content (AvgIpc) is 3.09. The van der Waals surface area contributed by atoms with Crippen LogP contribution in [0, 0.1) is 0 Å². The van der Waals surface area contributed by atoms with Gasteiger partial charge < -0.3 is 0 Å². The topological polar surface area (TPSA) is 15.6 Å². The SMILES string of the molecule is CCCC.CCCC.CCCC.CN1CCC[C@H]1C1=C=CC=NC1.[Sn]. The zero-order valence-electron chi connectivity index (χ0n) is 18.2. The van der Waals surface area contributed by atoms with Gasteiger partial charge in [0.05, 0.1) is 6.54 Å². The van der Waals surface area contributed by atoms with E-state index < -0.39 is 0 Å². The molecule has 0 aliphatic carbocycles. The Morgan fingerprint density at radius 3 is 1.72 bits per heavy atom. The first kappa shape index (κ1) is 29.7. The molecular formula is C22H44N2Sn. The summed E-state index contributed by atoms with van der Waals surface area (Å²) in [5, 5.41) is 0. The molecule has 3 heteroatoms. The summed E-state index contributed by atoms with van der Waals surface area (Å²) in [6, 6.07) is 0.610. The van der Waals surface area contributed by atoms with Gasteiger partial charge in [0.25, 0.3) is 0 Å². The second-order valence-corrected chi connectivity index (χ2v) is 6.46. The summed E-state index contributed by atoms with van der Waals surface area (Å²) in [4.78, 5) is 6.63. The number of hydrogen-bond acceptors (Lipinski definition) is 2. The summed E-state index contributed by atoms with van der Waals surface area (Å²) in [6.07, 6.45) is 14.3. The van der Waals surface area contributed by atoms with Gasteiger partial charge in [0.15, 0.2) is 0 Å². The molecule has 0 bridgehead atoms. The summed E-state index contributed by atoms with van der Waals surface area (Å²) in [5.41, 5.74) is 4.65. The Kier molecular flexibility index (Phi) is 28.5. The van der Waals surface area contributed by atoms with Gasteiger partial charge in [-0.2, -0.15) is 0 Å². The second kappa shape index (κ2) is 23.9. The molecule has 146 valence electrons. The Morgan fingerprint density at radius 2 is 1.44 bits per heavy atom. The van der Waals surface area contributed by atoms with Crippen LogP contribution >= 0.6 is 0 Å². The second-order valence-electron chi connectivity index (χ2n) is 6.46. The third-order valence-electron chi connectivity index (χ3n) is 4.13. The summed E-state index contributed by atoms with van der Waals surface area (Å²) < 4.78 is 0. The predicted molar refractivity (Wildman–Crippen MR) is 118 cm³/mol. The number of unbranched alkanes of at least 4 members (excludes halogenated alkanes) is 3. The van der Waals surface area contributed by atoms with Crippen molar-refractivity contribution in [3.05, 3.63) is 17.4 Å². The van der Waals surface area contributed by atoms with Gasteiger partial charge in [-0.3, -0.25) is 9.89 Å². The fraction of sp³-hybridized carbons (Fsp3) is 0.818.